The van der Waals surface area contributed by atoms with Crippen LogP contribution in [-0.2, 0) is 14.3 Å². The quantitative estimate of drug-likeness (QED) is 0.167. The van der Waals surface area contributed by atoms with Crippen molar-refractivity contribution >= 4 is 45.3 Å². The van der Waals surface area contributed by atoms with Crippen LogP contribution in [0.3, 0.4) is 0 Å². The second-order valence-corrected chi connectivity index (χ2v) is 18.6. The van der Waals surface area contributed by atoms with E-state index in [1.807, 2.05) is 52.8 Å². The second kappa shape index (κ2) is 16.8. The maximum Gasteiger partial charge on any atom is 0.330 e. The summed E-state index contributed by atoms with van der Waals surface area (Å²) in [6, 6.07) is 9.31. The minimum atomic E-state index is -0.692. The number of nitrogens with one attached hydrogen (secondary N) is 2. The number of carbonyl (C=O) groups excluding carboxylic acids is 2. The third-order valence-electron chi connectivity index (χ3n) is 12.9. The van der Waals surface area contributed by atoms with Crippen molar-refractivity contribution in [3.8, 4) is 17.3 Å². The molecule has 9 rings (SSSR count). The Morgan fingerprint density at radius 2 is 1.57 bits per heavy atom. The number of aromatic amines is 1. The maximum absolute atomic E-state index is 13.7. The zero-order valence-electron chi connectivity index (χ0n) is 36.1. The van der Waals surface area contributed by atoms with Gasteiger partial charge in [0.2, 0.25) is 17.7 Å². The number of hydrogen-bond donors (Lipinski definition) is 2. The van der Waals surface area contributed by atoms with E-state index in [9.17, 15) is 14.4 Å². The molecule has 0 spiro atoms. The van der Waals surface area contributed by atoms with Crippen molar-refractivity contribution in [1.82, 2.24) is 44.5 Å². The number of amides is 2. The van der Waals surface area contributed by atoms with Crippen molar-refractivity contribution in [2.75, 3.05) is 55.6 Å². The van der Waals surface area contributed by atoms with E-state index in [4.69, 9.17) is 9.47 Å². The number of rotatable bonds is 10. The SMILES string of the molecule is CC(C)n1c(=O)n(C2CCC(=O)NC2=O)c2ccc(N3CCC(OC4CCC(CN5CCN(c6cc(-c7n[nH]c8cnc(OC(C)(C)C)cc78)ncn6)CC5)CC4)CC3)cc21. The molecule has 2 amide bonds. The number of nitrogens with zero attached hydrogens (tertiary/aromatic N) is 9. The van der Waals surface area contributed by atoms with Gasteiger partial charge in [0.1, 0.15) is 29.5 Å². The summed E-state index contributed by atoms with van der Waals surface area (Å²) in [5.41, 5.74) is 4.42. The largest absolute Gasteiger partial charge is 0.472 e. The number of benzene rings is 1. The molecule has 3 aliphatic heterocycles. The van der Waals surface area contributed by atoms with Gasteiger partial charge in [-0.15, -0.1) is 0 Å². The van der Waals surface area contributed by atoms with E-state index >= 15 is 0 Å². The van der Waals surface area contributed by atoms with E-state index in [-0.39, 0.29) is 35.8 Å². The Bertz CT molecular complexity index is 2440. The molecule has 4 fully saturated rings. The number of ether oxygens (including phenoxy) is 2. The molecule has 4 aromatic heterocycles. The topological polar surface area (TPSA) is 169 Å². The van der Waals surface area contributed by atoms with Gasteiger partial charge < -0.3 is 19.3 Å². The number of hydrogen-bond acceptors (Lipinski definition) is 12. The number of carbonyl (C=O) groups is 2. The average molecular weight is 834 g/mol. The minimum absolute atomic E-state index is 0.0813. The highest BCUT2D eigenvalue weighted by Gasteiger charge is 2.33. The smallest absolute Gasteiger partial charge is 0.330 e. The zero-order valence-corrected chi connectivity index (χ0v) is 36.1. The van der Waals surface area contributed by atoms with Crippen molar-refractivity contribution in [2.24, 2.45) is 5.92 Å². The second-order valence-electron chi connectivity index (χ2n) is 18.6. The van der Waals surface area contributed by atoms with Crippen LogP contribution < -0.4 is 25.5 Å². The Morgan fingerprint density at radius 3 is 2.30 bits per heavy atom. The summed E-state index contributed by atoms with van der Waals surface area (Å²) < 4.78 is 16.1. The fourth-order valence-corrected chi connectivity index (χ4v) is 9.77. The molecule has 0 bridgehead atoms. The van der Waals surface area contributed by atoms with E-state index in [0.717, 1.165) is 116 Å². The number of aromatic nitrogens is 7. The number of pyridine rings is 1. The average Bonchev–Trinajstić information content (AvgIpc) is 3.79. The van der Waals surface area contributed by atoms with Gasteiger partial charge in [0.25, 0.3) is 0 Å². The predicted octanol–water partition coefficient (Wildman–Crippen LogP) is 5.63. The third kappa shape index (κ3) is 8.74. The lowest BCUT2D eigenvalue weighted by Crippen LogP contribution is -2.48. The lowest BCUT2D eigenvalue weighted by Gasteiger charge is -2.39. The Labute approximate surface area is 356 Å². The van der Waals surface area contributed by atoms with Crippen molar-refractivity contribution in [3.05, 3.63) is 53.3 Å². The van der Waals surface area contributed by atoms with Gasteiger partial charge in [-0.3, -0.25) is 34.0 Å². The summed E-state index contributed by atoms with van der Waals surface area (Å²) in [6.45, 7) is 16.8. The molecule has 7 heterocycles. The Hall–Kier alpha value is -5.35. The van der Waals surface area contributed by atoms with E-state index in [2.05, 4.69) is 57.3 Å². The highest BCUT2D eigenvalue weighted by Crippen LogP contribution is 2.34. The van der Waals surface area contributed by atoms with Crippen molar-refractivity contribution < 1.29 is 19.1 Å². The van der Waals surface area contributed by atoms with E-state index in [1.165, 1.54) is 12.8 Å². The number of imidazole rings is 1. The molecule has 16 nitrogen and oxygen atoms in total. The molecule has 1 aliphatic carbocycles. The summed E-state index contributed by atoms with van der Waals surface area (Å²) >= 11 is 0. The van der Waals surface area contributed by atoms with Crippen LogP contribution in [0, 0.1) is 5.92 Å². The van der Waals surface area contributed by atoms with Crippen LogP contribution in [0.25, 0.3) is 33.3 Å². The van der Waals surface area contributed by atoms with Crippen LogP contribution in [0.15, 0.2) is 47.7 Å². The molecule has 16 heteroatoms. The van der Waals surface area contributed by atoms with Gasteiger partial charge in [-0.05, 0) is 104 Å². The standard InChI is InChI=1S/C45H59N11O5/c1-28(2)55-38-22-30(8-11-36(38)56(44(55)59)37-12-13-40(57)49-43(37)58)53-16-14-32(15-17-53)60-31-9-6-29(7-10-31)26-52-18-20-54(21-19-52)39-24-34(47-27-48-39)42-33-23-41(61-45(3,4)5)46-25-35(33)50-51-42/h8,11,22-25,27-29,31-32,37H,6-7,9-10,12-21,26H2,1-5H3,(H,50,51)(H,49,57,58). The van der Waals surface area contributed by atoms with Gasteiger partial charge in [0.15, 0.2) is 0 Å². The van der Waals surface area contributed by atoms with Crippen LogP contribution in [0.4, 0.5) is 11.5 Å². The van der Waals surface area contributed by atoms with Crippen LogP contribution in [0.5, 0.6) is 5.88 Å². The molecule has 1 saturated carbocycles. The summed E-state index contributed by atoms with van der Waals surface area (Å²) in [4.78, 5) is 59.3. The fraction of sp³-hybridized carbons (Fsp3) is 0.578. The molecule has 1 unspecified atom stereocenters. The van der Waals surface area contributed by atoms with E-state index in [0.29, 0.717) is 24.3 Å². The molecular formula is C45H59N11O5. The Balaban J connectivity index is 0.737. The predicted molar refractivity (Wildman–Crippen MR) is 234 cm³/mol. The monoisotopic (exact) mass is 833 g/mol. The number of H-pyrrole nitrogens is 1. The molecular weight excluding hydrogens is 775 g/mol. The van der Waals surface area contributed by atoms with E-state index in [1.54, 1.807) is 21.7 Å². The van der Waals surface area contributed by atoms with Gasteiger partial charge in [0.05, 0.1) is 40.6 Å². The van der Waals surface area contributed by atoms with Gasteiger partial charge >= 0.3 is 5.69 Å². The van der Waals surface area contributed by atoms with Gasteiger partial charge in [0, 0.05) is 81.5 Å². The normalized spacial score (nSPS) is 22.4. The van der Waals surface area contributed by atoms with Crippen LogP contribution in [0.1, 0.15) is 98.1 Å². The Morgan fingerprint density at radius 1 is 0.820 bits per heavy atom. The van der Waals surface area contributed by atoms with Crippen molar-refractivity contribution in [1.29, 1.82) is 0 Å². The molecule has 61 heavy (non-hydrogen) atoms. The first kappa shape index (κ1) is 41.0. The number of piperazine rings is 1. The molecule has 324 valence electrons. The fourth-order valence-electron chi connectivity index (χ4n) is 9.77. The van der Waals surface area contributed by atoms with Crippen LogP contribution >= 0.6 is 0 Å². The summed E-state index contributed by atoms with van der Waals surface area (Å²) in [6.07, 6.45) is 11.1. The Kier molecular flexibility index (Phi) is 11.3. The number of fused-ring (bicyclic) bond motifs is 2. The first-order valence-electron chi connectivity index (χ1n) is 22.2. The van der Waals surface area contributed by atoms with Gasteiger partial charge in [-0.2, -0.15) is 5.10 Å². The van der Waals surface area contributed by atoms with Crippen LogP contribution in [0.2, 0.25) is 0 Å². The van der Waals surface area contributed by atoms with Gasteiger partial charge in [-0.25, -0.2) is 19.7 Å². The van der Waals surface area contributed by atoms with Crippen molar-refractivity contribution in [3.63, 3.8) is 0 Å². The number of piperidine rings is 2. The molecule has 0 radical (unpaired) electrons. The molecule has 2 N–H and O–H groups in total. The molecule has 1 aromatic carbocycles. The molecule has 4 aliphatic rings. The lowest BCUT2D eigenvalue weighted by atomic mass is 9.86. The minimum Gasteiger partial charge on any atom is -0.472 e. The first-order valence-corrected chi connectivity index (χ1v) is 22.2. The maximum atomic E-state index is 13.7. The molecule has 1 atom stereocenters. The highest BCUT2D eigenvalue weighted by atomic mass is 16.5. The molecule has 3 saturated heterocycles. The first-order chi connectivity index (χ1) is 29.4. The summed E-state index contributed by atoms with van der Waals surface area (Å²) in [5, 5.41) is 11.0. The third-order valence-corrected chi connectivity index (χ3v) is 12.9. The van der Waals surface area contributed by atoms with E-state index < -0.39 is 11.9 Å². The highest BCUT2D eigenvalue weighted by molar-refractivity contribution is 6.00. The molecule has 5 aromatic rings. The number of anilines is 2. The van der Waals surface area contributed by atoms with Gasteiger partial charge in [-0.1, -0.05) is 0 Å². The zero-order chi connectivity index (χ0) is 42.4. The summed E-state index contributed by atoms with van der Waals surface area (Å²) in [7, 11) is 0. The number of imide groups is 1. The van der Waals surface area contributed by atoms with Crippen molar-refractivity contribution in [2.45, 2.75) is 116 Å². The lowest BCUT2D eigenvalue weighted by molar-refractivity contribution is -0.135. The van der Waals surface area contributed by atoms with Crippen LogP contribution in [-0.4, -0.2) is 115 Å². The summed E-state index contributed by atoms with van der Waals surface area (Å²) in [5.74, 6) is 1.47.